The van der Waals surface area contributed by atoms with E-state index in [2.05, 4.69) is 15.1 Å². The molecule has 0 aliphatic heterocycles. The zero-order valence-electron chi connectivity index (χ0n) is 15.7. The van der Waals surface area contributed by atoms with E-state index >= 15 is 0 Å². The van der Waals surface area contributed by atoms with Gasteiger partial charge in [0.15, 0.2) is 11.0 Å². The first-order chi connectivity index (χ1) is 15.1. The number of thiophene rings is 1. The fourth-order valence-electron chi connectivity index (χ4n) is 3.03. The Bertz CT molecular complexity index is 1450. The fourth-order valence-corrected chi connectivity index (χ4v) is 4.52. The summed E-state index contributed by atoms with van der Waals surface area (Å²) in [7, 11) is 0. The van der Waals surface area contributed by atoms with Crippen molar-refractivity contribution < 1.29 is 13.3 Å². The van der Waals surface area contributed by atoms with E-state index in [-0.39, 0.29) is 16.6 Å². The lowest BCUT2D eigenvalue weighted by Gasteiger charge is -2.13. The molecule has 0 saturated carbocycles. The van der Waals surface area contributed by atoms with Crippen LogP contribution in [0.15, 0.2) is 74.5 Å². The van der Waals surface area contributed by atoms with E-state index in [0.717, 1.165) is 33.3 Å². The van der Waals surface area contributed by atoms with Gasteiger partial charge in [0.05, 0.1) is 27.2 Å². The summed E-state index contributed by atoms with van der Waals surface area (Å²) in [6.45, 7) is 0. The van der Waals surface area contributed by atoms with E-state index in [1.165, 1.54) is 17.4 Å². The summed E-state index contributed by atoms with van der Waals surface area (Å²) in [6.07, 6.45) is 0. The predicted molar refractivity (Wildman–Crippen MR) is 114 cm³/mol. The molecule has 0 bridgehead atoms. The second-order valence-electron chi connectivity index (χ2n) is 6.43. The third-order valence-corrected chi connectivity index (χ3v) is 6.22. The van der Waals surface area contributed by atoms with Crippen molar-refractivity contribution in [2.24, 2.45) is 0 Å². The first-order valence-corrected chi connectivity index (χ1v) is 10.9. The van der Waals surface area contributed by atoms with E-state index in [4.69, 9.17) is 4.52 Å². The Balaban J connectivity index is 1.56. The number of thioether (sulfide) groups is 1. The van der Waals surface area contributed by atoms with Gasteiger partial charge in [0.1, 0.15) is 11.6 Å². The maximum Gasteiger partial charge on any atom is 0.268 e. The number of nitrogens with zero attached hydrogens (tertiary/aromatic N) is 4. The number of para-hydroxylation sites is 1. The Hall–Kier alpha value is -3.37. The second kappa shape index (κ2) is 8.05. The van der Waals surface area contributed by atoms with E-state index in [0.29, 0.717) is 22.6 Å². The van der Waals surface area contributed by atoms with Crippen molar-refractivity contribution in [3.63, 3.8) is 0 Å². The molecule has 154 valence electrons. The lowest BCUT2D eigenvalue weighted by atomic mass is 10.2. The number of halogens is 2. The molecule has 0 saturated heterocycles. The van der Waals surface area contributed by atoms with Gasteiger partial charge in [-0.1, -0.05) is 35.1 Å². The second-order valence-corrected chi connectivity index (χ2v) is 8.32. The first kappa shape index (κ1) is 19.6. The minimum Gasteiger partial charge on any atom is -0.333 e. The van der Waals surface area contributed by atoms with Gasteiger partial charge in [-0.15, -0.1) is 11.3 Å². The molecule has 6 nitrogen and oxygen atoms in total. The molecule has 0 aliphatic carbocycles. The van der Waals surface area contributed by atoms with Crippen LogP contribution in [0.1, 0.15) is 5.82 Å². The van der Waals surface area contributed by atoms with Crippen molar-refractivity contribution in [2.75, 3.05) is 0 Å². The van der Waals surface area contributed by atoms with Crippen LogP contribution >= 0.6 is 23.1 Å². The van der Waals surface area contributed by atoms with Gasteiger partial charge < -0.3 is 4.52 Å². The standard InChI is InChI=1S/C21H12F2N4O2S2/c22-12-7-8-16(14(23)10-12)27-20(28)13-4-1-2-5-15(13)24-21(27)31-11-18-25-19(29-26-18)17-6-3-9-30-17/h1-10H,11H2. The van der Waals surface area contributed by atoms with Gasteiger partial charge in [-0.3, -0.25) is 9.36 Å². The molecule has 0 amide bonds. The lowest BCUT2D eigenvalue weighted by Crippen LogP contribution is -2.22. The normalized spacial score (nSPS) is 11.3. The van der Waals surface area contributed by atoms with Gasteiger partial charge >= 0.3 is 0 Å². The molecule has 31 heavy (non-hydrogen) atoms. The maximum atomic E-state index is 14.5. The molecule has 0 atom stereocenters. The minimum atomic E-state index is -0.861. The predicted octanol–water partition coefficient (Wildman–Crippen LogP) is 5.07. The molecular formula is C21H12F2N4O2S2. The maximum absolute atomic E-state index is 14.5. The molecule has 0 unspecified atom stereocenters. The molecule has 0 radical (unpaired) electrons. The highest BCUT2D eigenvalue weighted by molar-refractivity contribution is 7.98. The summed E-state index contributed by atoms with van der Waals surface area (Å²) in [4.78, 5) is 22.9. The lowest BCUT2D eigenvalue weighted by molar-refractivity contribution is 0.426. The number of aromatic nitrogens is 4. The average Bonchev–Trinajstić information content (AvgIpc) is 3.45. The Morgan fingerprint density at radius 1 is 1.06 bits per heavy atom. The Labute approximate surface area is 182 Å². The quantitative estimate of drug-likeness (QED) is 0.273. The van der Waals surface area contributed by atoms with E-state index in [1.807, 2.05) is 17.5 Å². The van der Waals surface area contributed by atoms with Crippen LogP contribution in [0.5, 0.6) is 0 Å². The molecule has 3 aromatic heterocycles. The highest BCUT2D eigenvalue weighted by Crippen LogP contribution is 2.27. The molecule has 0 aliphatic rings. The monoisotopic (exact) mass is 454 g/mol. The van der Waals surface area contributed by atoms with E-state index in [1.54, 1.807) is 24.3 Å². The zero-order valence-corrected chi connectivity index (χ0v) is 17.3. The number of fused-ring (bicyclic) bond motifs is 1. The van der Waals surface area contributed by atoms with Gasteiger partial charge in [-0.2, -0.15) is 4.98 Å². The van der Waals surface area contributed by atoms with Crippen LogP contribution in [0.4, 0.5) is 8.78 Å². The van der Waals surface area contributed by atoms with Gasteiger partial charge in [-0.25, -0.2) is 13.8 Å². The van der Waals surface area contributed by atoms with E-state index < -0.39 is 17.2 Å². The van der Waals surface area contributed by atoms with Gasteiger partial charge in [0.25, 0.3) is 11.4 Å². The number of rotatable bonds is 5. The van der Waals surface area contributed by atoms with Crippen LogP contribution in [0.25, 0.3) is 27.4 Å². The van der Waals surface area contributed by atoms with Crippen molar-refractivity contribution in [2.45, 2.75) is 10.9 Å². The molecule has 2 aromatic carbocycles. The molecular weight excluding hydrogens is 442 g/mol. The summed E-state index contributed by atoms with van der Waals surface area (Å²) in [5, 5.41) is 6.43. The molecule has 0 fully saturated rings. The molecule has 3 heterocycles. The summed E-state index contributed by atoms with van der Waals surface area (Å²) < 4.78 is 34.4. The van der Waals surface area contributed by atoms with Gasteiger partial charge in [0, 0.05) is 6.07 Å². The third-order valence-electron chi connectivity index (χ3n) is 4.43. The van der Waals surface area contributed by atoms with Crippen molar-refractivity contribution in [1.29, 1.82) is 0 Å². The number of hydrogen-bond donors (Lipinski definition) is 0. The van der Waals surface area contributed by atoms with Crippen LogP contribution in [-0.4, -0.2) is 19.7 Å². The molecule has 10 heteroatoms. The van der Waals surface area contributed by atoms with Crippen molar-refractivity contribution in [3.05, 3.63) is 87.8 Å². The summed E-state index contributed by atoms with van der Waals surface area (Å²) in [6, 6.07) is 13.6. The number of hydrogen-bond acceptors (Lipinski definition) is 7. The molecule has 0 N–H and O–H groups in total. The minimum absolute atomic E-state index is 0.0838. The van der Waals surface area contributed by atoms with Crippen LogP contribution in [0, 0.1) is 11.6 Å². The highest BCUT2D eigenvalue weighted by Gasteiger charge is 2.18. The Morgan fingerprint density at radius 2 is 1.94 bits per heavy atom. The Kier molecular flexibility index (Phi) is 5.08. The fraction of sp³-hybridized carbons (Fsp3) is 0.0476. The number of benzene rings is 2. The van der Waals surface area contributed by atoms with Crippen molar-refractivity contribution in [1.82, 2.24) is 19.7 Å². The zero-order chi connectivity index (χ0) is 21.4. The average molecular weight is 454 g/mol. The molecule has 5 aromatic rings. The molecule has 5 rings (SSSR count). The first-order valence-electron chi connectivity index (χ1n) is 9.06. The smallest absolute Gasteiger partial charge is 0.268 e. The van der Waals surface area contributed by atoms with Crippen molar-refractivity contribution in [3.8, 4) is 16.5 Å². The Morgan fingerprint density at radius 3 is 2.74 bits per heavy atom. The largest absolute Gasteiger partial charge is 0.333 e. The summed E-state index contributed by atoms with van der Waals surface area (Å²) >= 11 is 2.63. The van der Waals surface area contributed by atoms with Gasteiger partial charge in [-0.05, 0) is 35.7 Å². The van der Waals surface area contributed by atoms with Crippen molar-refractivity contribution >= 4 is 34.0 Å². The van der Waals surface area contributed by atoms with Crippen LogP contribution in [0.2, 0.25) is 0 Å². The van der Waals surface area contributed by atoms with Crippen LogP contribution < -0.4 is 5.56 Å². The van der Waals surface area contributed by atoms with E-state index in [9.17, 15) is 13.6 Å². The highest BCUT2D eigenvalue weighted by atomic mass is 32.2. The van der Waals surface area contributed by atoms with Gasteiger partial charge in [0.2, 0.25) is 0 Å². The summed E-state index contributed by atoms with van der Waals surface area (Å²) in [5.74, 6) is -0.547. The third kappa shape index (κ3) is 3.75. The molecule has 0 spiro atoms. The topological polar surface area (TPSA) is 73.8 Å². The van der Waals surface area contributed by atoms with Crippen LogP contribution in [0.3, 0.4) is 0 Å². The summed E-state index contributed by atoms with van der Waals surface area (Å²) in [5.41, 5.74) is -0.0632. The van der Waals surface area contributed by atoms with Crippen LogP contribution in [-0.2, 0) is 5.75 Å². The SMILES string of the molecule is O=c1c2ccccc2nc(SCc2noc(-c3cccs3)n2)n1-c1ccc(F)cc1F.